The molecule has 2 saturated carbocycles. The van der Waals surface area contributed by atoms with Crippen molar-refractivity contribution in [3.05, 3.63) is 47.3 Å². The van der Waals surface area contributed by atoms with E-state index < -0.39 is 0 Å². The second-order valence-electron chi connectivity index (χ2n) is 6.72. The Labute approximate surface area is 142 Å². The monoisotopic (exact) mass is 325 g/mol. The van der Waals surface area contributed by atoms with Gasteiger partial charge in [0.2, 0.25) is 0 Å². The van der Waals surface area contributed by atoms with E-state index in [2.05, 4.69) is 16.1 Å². The number of aromatic nitrogens is 2. The molecule has 1 aromatic heterocycles. The van der Waals surface area contributed by atoms with Gasteiger partial charge in [-0.15, -0.1) is 0 Å². The molecule has 2 aliphatic rings. The van der Waals surface area contributed by atoms with E-state index in [0.29, 0.717) is 29.7 Å². The topological polar surface area (TPSA) is 56.1 Å². The molecule has 1 amide bonds. The molecule has 2 fully saturated rings. The van der Waals surface area contributed by atoms with Gasteiger partial charge in [0.15, 0.2) is 0 Å². The molecule has 5 nitrogen and oxygen atoms in total. The summed E-state index contributed by atoms with van der Waals surface area (Å²) in [5.74, 6) is 1.85. The average molecular weight is 325 g/mol. The number of ether oxygens (including phenoxy) is 1. The normalized spacial score (nSPS) is 16.9. The number of nitrogens with zero attached hydrogens (tertiary/aromatic N) is 2. The van der Waals surface area contributed by atoms with Crippen molar-refractivity contribution in [3.8, 4) is 5.75 Å². The van der Waals surface area contributed by atoms with E-state index in [0.717, 1.165) is 6.54 Å². The predicted molar refractivity (Wildman–Crippen MR) is 91.5 cm³/mol. The fourth-order valence-corrected chi connectivity index (χ4v) is 3.12. The van der Waals surface area contributed by atoms with Gasteiger partial charge in [-0.2, -0.15) is 5.10 Å². The Morgan fingerprint density at radius 3 is 2.71 bits per heavy atom. The van der Waals surface area contributed by atoms with Crippen molar-refractivity contribution in [1.82, 2.24) is 15.1 Å². The molecule has 126 valence electrons. The molecule has 2 aliphatic carbocycles. The van der Waals surface area contributed by atoms with Gasteiger partial charge in [0.1, 0.15) is 5.75 Å². The minimum atomic E-state index is -0.102. The summed E-state index contributed by atoms with van der Waals surface area (Å²) < 4.78 is 7.35. The van der Waals surface area contributed by atoms with E-state index in [1.807, 2.05) is 12.1 Å². The number of carbonyl (C=O) groups is 1. The van der Waals surface area contributed by atoms with Crippen LogP contribution in [0.2, 0.25) is 0 Å². The van der Waals surface area contributed by atoms with Gasteiger partial charge in [0, 0.05) is 24.1 Å². The number of methoxy groups -OCH3 is 1. The van der Waals surface area contributed by atoms with Crippen LogP contribution < -0.4 is 10.1 Å². The second-order valence-corrected chi connectivity index (χ2v) is 6.72. The molecule has 2 aromatic rings. The van der Waals surface area contributed by atoms with Gasteiger partial charge in [0.25, 0.3) is 5.91 Å². The minimum Gasteiger partial charge on any atom is -0.496 e. The van der Waals surface area contributed by atoms with Crippen molar-refractivity contribution in [2.75, 3.05) is 13.7 Å². The van der Waals surface area contributed by atoms with Crippen molar-refractivity contribution in [3.63, 3.8) is 0 Å². The first-order chi connectivity index (χ1) is 11.8. The summed E-state index contributed by atoms with van der Waals surface area (Å²) in [6.45, 7) is 1.29. The van der Waals surface area contributed by atoms with Gasteiger partial charge in [-0.1, -0.05) is 12.1 Å². The quantitative estimate of drug-likeness (QED) is 0.851. The summed E-state index contributed by atoms with van der Waals surface area (Å²) in [5.41, 5.74) is 3.16. The summed E-state index contributed by atoms with van der Waals surface area (Å²) in [5, 5.41) is 7.76. The smallest absolute Gasteiger partial charge is 0.255 e. The first-order valence-corrected chi connectivity index (χ1v) is 8.75. The molecule has 0 unspecified atom stereocenters. The van der Waals surface area contributed by atoms with Gasteiger partial charge in [-0.3, -0.25) is 9.48 Å². The molecule has 0 radical (unpaired) electrons. The summed E-state index contributed by atoms with van der Waals surface area (Å²) >= 11 is 0. The molecule has 1 aromatic carbocycles. The summed E-state index contributed by atoms with van der Waals surface area (Å²) in [4.78, 5) is 12.3. The Morgan fingerprint density at radius 2 is 2.00 bits per heavy atom. The highest BCUT2D eigenvalue weighted by Crippen LogP contribution is 2.44. The molecule has 0 spiro atoms. The molecule has 0 aliphatic heterocycles. The van der Waals surface area contributed by atoms with Crippen LogP contribution in [0.25, 0.3) is 0 Å². The highest BCUT2D eigenvalue weighted by Gasteiger charge is 2.32. The standard InChI is InChI=1S/C19H23N3O2/c1-24-18-5-3-2-4-15(18)19(23)20-10-11-22-17(14-8-9-14)12-16(21-22)13-6-7-13/h2-5,12-14H,6-11H2,1H3,(H,20,23). The number of para-hydroxylation sites is 1. The highest BCUT2D eigenvalue weighted by atomic mass is 16.5. The number of amides is 1. The van der Waals surface area contributed by atoms with E-state index in [-0.39, 0.29) is 5.91 Å². The number of hydrogen-bond donors (Lipinski definition) is 1. The zero-order valence-corrected chi connectivity index (χ0v) is 14.0. The lowest BCUT2D eigenvalue weighted by Crippen LogP contribution is -2.28. The Bertz CT molecular complexity index is 745. The van der Waals surface area contributed by atoms with Gasteiger partial charge < -0.3 is 10.1 Å². The van der Waals surface area contributed by atoms with Crippen LogP contribution in [-0.2, 0) is 6.54 Å². The maximum Gasteiger partial charge on any atom is 0.255 e. The Morgan fingerprint density at radius 1 is 1.25 bits per heavy atom. The van der Waals surface area contributed by atoms with E-state index in [1.54, 1.807) is 19.2 Å². The third-order valence-corrected chi connectivity index (χ3v) is 4.78. The molecule has 5 heteroatoms. The Hall–Kier alpha value is -2.30. The zero-order chi connectivity index (χ0) is 16.5. The van der Waals surface area contributed by atoms with Crippen LogP contribution in [0.1, 0.15) is 59.3 Å². The van der Waals surface area contributed by atoms with Crippen molar-refractivity contribution in [2.45, 2.75) is 44.1 Å². The first kappa shape index (κ1) is 15.2. The number of nitrogens with one attached hydrogen (secondary N) is 1. The maximum absolute atomic E-state index is 12.3. The highest BCUT2D eigenvalue weighted by molar-refractivity contribution is 5.96. The third-order valence-electron chi connectivity index (χ3n) is 4.78. The van der Waals surface area contributed by atoms with Crippen LogP contribution in [0.5, 0.6) is 5.75 Å². The molecule has 0 atom stereocenters. The molecule has 4 rings (SSSR count). The predicted octanol–water partition coefficient (Wildman–Crippen LogP) is 3.08. The third kappa shape index (κ3) is 3.16. The summed E-state index contributed by atoms with van der Waals surface area (Å²) in [7, 11) is 1.58. The number of benzene rings is 1. The van der Waals surface area contributed by atoms with Crippen LogP contribution >= 0.6 is 0 Å². The van der Waals surface area contributed by atoms with Gasteiger partial charge in [-0.25, -0.2) is 0 Å². The summed E-state index contributed by atoms with van der Waals surface area (Å²) in [6, 6.07) is 9.58. The maximum atomic E-state index is 12.3. The molecule has 1 N–H and O–H groups in total. The zero-order valence-electron chi connectivity index (χ0n) is 14.0. The van der Waals surface area contributed by atoms with Crippen LogP contribution in [-0.4, -0.2) is 29.3 Å². The minimum absolute atomic E-state index is 0.102. The van der Waals surface area contributed by atoms with Crippen LogP contribution in [0.4, 0.5) is 0 Å². The van der Waals surface area contributed by atoms with Gasteiger partial charge in [0.05, 0.1) is 24.9 Å². The van der Waals surface area contributed by atoms with E-state index >= 15 is 0 Å². The van der Waals surface area contributed by atoms with Gasteiger partial charge in [-0.05, 0) is 43.9 Å². The number of carbonyl (C=O) groups excluding carboxylic acids is 1. The SMILES string of the molecule is COc1ccccc1C(=O)NCCn1nc(C2CC2)cc1C1CC1. The first-order valence-electron chi connectivity index (χ1n) is 8.75. The van der Waals surface area contributed by atoms with E-state index in [4.69, 9.17) is 9.84 Å². The molecule has 0 bridgehead atoms. The van der Waals surface area contributed by atoms with Crippen molar-refractivity contribution >= 4 is 5.91 Å². The van der Waals surface area contributed by atoms with Crippen LogP contribution in [0, 0.1) is 0 Å². The fraction of sp³-hybridized carbons (Fsp3) is 0.474. The van der Waals surface area contributed by atoms with Gasteiger partial charge >= 0.3 is 0 Å². The number of hydrogen-bond acceptors (Lipinski definition) is 3. The molecule has 1 heterocycles. The fourth-order valence-electron chi connectivity index (χ4n) is 3.12. The molecule has 24 heavy (non-hydrogen) atoms. The molecular weight excluding hydrogens is 302 g/mol. The lowest BCUT2D eigenvalue weighted by Gasteiger charge is -2.10. The Kier molecular flexibility index (Phi) is 4.00. The molecule has 0 saturated heterocycles. The van der Waals surface area contributed by atoms with Crippen LogP contribution in [0.3, 0.4) is 0 Å². The second kappa shape index (κ2) is 6.30. The summed E-state index contributed by atoms with van der Waals surface area (Å²) in [6.07, 6.45) is 5.07. The van der Waals surface area contributed by atoms with Crippen molar-refractivity contribution < 1.29 is 9.53 Å². The lowest BCUT2D eigenvalue weighted by atomic mass is 10.2. The Balaban J connectivity index is 1.39. The van der Waals surface area contributed by atoms with Crippen LogP contribution in [0.15, 0.2) is 30.3 Å². The number of rotatable bonds is 7. The lowest BCUT2D eigenvalue weighted by molar-refractivity contribution is 0.0949. The van der Waals surface area contributed by atoms with Crippen molar-refractivity contribution in [1.29, 1.82) is 0 Å². The van der Waals surface area contributed by atoms with Crippen molar-refractivity contribution in [2.24, 2.45) is 0 Å². The van der Waals surface area contributed by atoms with E-state index in [1.165, 1.54) is 37.1 Å². The largest absolute Gasteiger partial charge is 0.496 e. The molecular formula is C19H23N3O2. The average Bonchev–Trinajstić information content (AvgIpc) is 3.53. The van der Waals surface area contributed by atoms with E-state index in [9.17, 15) is 4.79 Å².